The molecule has 2 amide bonds. The van der Waals surface area contributed by atoms with Crippen molar-refractivity contribution >= 4 is 28.5 Å². The Bertz CT molecular complexity index is 1270. The Morgan fingerprint density at radius 3 is 2.51 bits per heavy atom. The average Bonchev–Trinajstić information content (AvgIpc) is 3.59. The molecule has 0 aliphatic carbocycles. The third-order valence-electron chi connectivity index (χ3n) is 7.44. The molecule has 2 aliphatic rings. The highest BCUT2D eigenvalue weighted by atomic mass is 16.5. The van der Waals surface area contributed by atoms with Gasteiger partial charge in [-0.25, -0.2) is 4.98 Å². The molecule has 0 saturated carbocycles. The number of hydrogen-bond donors (Lipinski definition) is 0. The van der Waals surface area contributed by atoms with Gasteiger partial charge in [0.15, 0.2) is 0 Å². The highest BCUT2D eigenvalue weighted by molar-refractivity contribution is 5.94. The van der Waals surface area contributed by atoms with E-state index in [1.807, 2.05) is 34.1 Å². The summed E-state index contributed by atoms with van der Waals surface area (Å²) in [5.74, 6) is 1.91. The molecule has 3 heterocycles. The molecule has 7 heteroatoms. The van der Waals surface area contributed by atoms with Gasteiger partial charge in [0, 0.05) is 62.2 Å². The van der Waals surface area contributed by atoms with E-state index >= 15 is 0 Å². The quantitative estimate of drug-likeness (QED) is 0.422. The first-order chi connectivity index (χ1) is 18.0. The summed E-state index contributed by atoms with van der Waals surface area (Å²) in [6.45, 7) is 6.60. The summed E-state index contributed by atoms with van der Waals surface area (Å²) in [5.41, 5.74) is 3.87. The SMILES string of the molecule is COc1ccc(C(=O)N(CCCN2CCCC2=O)Cc2cc3cc(C)ccc3nc2N2CCCC2)cc1. The second-order valence-electron chi connectivity index (χ2n) is 10.2. The van der Waals surface area contributed by atoms with E-state index in [1.165, 1.54) is 5.56 Å². The molecule has 2 fully saturated rings. The van der Waals surface area contributed by atoms with Crippen LogP contribution in [-0.2, 0) is 11.3 Å². The van der Waals surface area contributed by atoms with Gasteiger partial charge in [-0.15, -0.1) is 0 Å². The van der Waals surface area contributed by atoms with Gasteiger partial charge in [-0.3, -0.25) is 9.59 Å². The van der Waals surface area contributed by atoms with Crippen molar-refractivity contribution in [2.45, 2.75) is 45.6 Å². The van der Waals surface area contributed by atoms with Gasteiger partial charge in [0.05, 0.1) is 12.6 Å². The minimum Gasteiger partial charge on any atom is -0.497 e. The van der Waals surface area contributed by atoms with Crippen LogP contribution in [0.4, 0.5) is 5.82 Å². The fourth-order valence-electron chi connectivity index (χ4n) is 5.42. The van der Waals surface area contributed by atoms with Crippen LogP contribution >= 0.6 is 0 Å². The van der Waals surface area contributed by atoms with Crippen molar-refractivity contribution < 1.29 is 14.3 Å². The highest BCUT2D eigenvalue weighted by Gasteiger charge is 2.24. The van der Waals surface area contributed by atoms with Gasteiger partial charge in [0.25, 0.3) is 5.91 Å². The Balaban J connectivity index is 1.45. The lowest BCUT2D eigenvalue weighted by atomic mass is 10.1. The molecule has 2 saturated heterocycles. The molecule has 3 aromatic rings. The van der Waals surface area contributed by atoms with Crippen molar-refractivity contribution in [1.29, 1.82) is 0 Å². The zero-order valence-electron chi connectivity index (χ0n) is 21.9. The zero-order valence-corrected chi connectivity index (χ0v) is 21.9. The molecule has 0 N–H and O–H groups in total. The molecule has 0 unspecified atom stereocenters. The summed E-state index contributed by atoms with van der Waals surface area (Å²) in [6.07, 6.45) is 4.62. The molecule has 2 aliphatic heterocycles. The molecule has 37 heavy (non-hydrogen) atoms. The molecule has 0 radical (unpaired) electrons. The van der Waals surface area contributed by atoms with Crippen molar-refractivity contribution in [1.82, 2.24) is 14.8 Å². The molecule has 194 valence electrons. The number of amides is 2. The van der Waals surface area contributed by atoms with Crippen LogP contribution in [0.15, 0.2) is 48.5 Å². The van der Waals surface area contributed by atoms with Crippen molar-refractivity contribution in [2.24, 2.45) is 0 Å². The molecule has 5 rings (SSSR count). The third kappa shape index (κ3) is 5.71. The molecule has 0 bridgehead atoms. The molecule has 0 spiro atoms. The van der Waals surface area contributed by atoms with Gasteiger partial charge in [-0.2, -0.15) is 0 Å². The molecule has 7 nitrogen and oxygen atoms in total. The van der Waals surface area contributed by atoms with Crippen LogP contribution in [0, 0.1) is 6.92 Å². The summed E-state index contributed by atoms with van der Waals surface area (Å²) in [5, 5.41) is 1.09. The lowest BCUT2D eigenvalue weighted by Gasteiger charge is -2.27. The Labute approximate surface area is 219 Å². The van der Waals surface area contributed by atoms with Crippen molar-refractivity contribution in [2.75, 3.05) is 44.7 Å². The van der Waals surface area contributed by atoms with Crippen molar-refractivity contribution in [3.8, 4) is 5.75 Å². The standard InChI is InChI=1S/C30H36N4O3/c1-22-8-13-27-24(19-22)20-25(29(31-27)33-14-3-4-15-33)21-34(18-6-17-32-16-5-7-28(32)35)30(36)23-9-11-26(37-2)12-10-23/h8-13,19-20H,3-7,14-18,21H2,1-2H3. The van der Waals surface area contributed by atoms with Gasteiger partial charge in [0.2, 0.25) is 5.91 Å². The molecule has 0 atom stereocenters. The Morgan fingerprint density at radius 2 is 1.81 bits per heavy atom. The number of carbonyl (C=O) groups is 2. The average molecular weight is 501 g/mol. The van der Waals surface area contributed by atoms with Crippen LogP contribution in [0.25, 0.3) is 10.9 Å². The second kappa shape index (κ2) is 11.2. The lowest BCUT2D eigenvalue weighted by molar-refractivity contribution is -0.127. The van der Waals surface area contributed by atoms with E-state index in [0.29, 0.717) is 31.6 Å². The Morgan fingerprint density at radius 1 is 1.03 bits per heavy atom. The maximum Gasteiger partial charge on any atom is 0.254 e. The zero-order chi connectivity index (χ0) is 25.8. The summed E-state index contributed by atoms with van der Waals surface area (Å²) < 4.78 is 5.28. The van der Waals surface area contributed by atoms with Crippen LogP contribution in [0.5, 0.6) is 5.75 Å². The molecule has 2 aromatic carbocycles. The predicted octanol–water partition coefficient (Wildman–Crippen LogP) is 4.81. The van der Waals surface area contributed by atoms with E-state index in [2.05, 4.69) is 36.1 Å². The van der Waals surface area contributed by atoms with Gasteiger partial charge in [-0.05, 0) is 75.1 Å². The van der Waals surface area contributed by atoms with E-state index < -0.39 is 0 Å². The summed E-state index contributed by atoms with van der Waals surface area (Å²) >= 11 is 0. The summed E-state index contributed by atoms with van der Waals surface area (Å²) in [6, 6.07) is 15.8. The number of likely N-dealkylation sites (tertiary alicyclic amines) is 1. The number of rotatable bonds is 9. The second-order valence-corrected chi connectivity index (χ2v) is 10.2. The number of benzene rings is 2. The van der Waals surface area contributed by atoms with Gasteiger partial charge >= 0.3 is 0 Å². The monoisotopic (exact) mass is 500 g/mol. The largest absolute Gasteiger partial charge is 0.497 e. The van der Waals surface area contributed by atoms with E-state index in [4.69, 9.17) is 9.72 Å². The topological polar surface area (TPSA) is 66.0 Å². The molecule has 1 aromatic heterocycles. The van der Waals surface area contributed by atoms with Crippen molar-refractivity contribution in [3.05, 3.63) is 65.2 Å². The number of anilines is 1. The van der Waals surface area contributed by atoms with Gasteiger partial charge in [0.1, 0.15) is 11.6 Å². The fourth-order valence-corrected chi connectivity index (χ4v) is 5.42. The fraction of sp³-hybridized carbons (Fsp3) is 0.433. The lowest BCUT2D eigenvalue weighted by Crippen LogP contribution is -2.35. The van der Waals surface area contributed by atoms with Crippen LogP contribution in [-0.4, -0.2) is 66.4 Å². The molecular formula is C30H36N4O3. The third-order valence-corrected chi connectivity index (χ3v) is 7.44. The Kier molecular flexibility index (Phi) is 7.58. The van der Waals surface area contributed by atoms with Crippen LogP contribution < -0.4 is 9.64 Å². The van der Waals surface area contributed by atoms with Crippen LogP contribution in [0.1, 0.15) is 53.6 Å². The maximum atomic E-state index is 13.8. The van der Waals surface area contributed by atoms with E-state index in [-0.39, 0.29) is 11.8 Å². The first kappa shape index (κ1) is 25.1. The number of methoxy groups -OCH3 is 1. The highest BCUT2D eigenvalue weighted by Crippen LogP contribution is 2.29. The molecular weight excluding hydrogens is 464 g/mol. The minimum atomic E-state index is -0.0212. The van der Waals surface area contributed by atoms with Crippen molar-refractivity contribution in [3.63, 3.8) is 0 Å². The number of fused-ring (bicyclic) bond motifs is 1. The number of hydrogen-bond acceptors (Lipinski definition) is 5. The van der Waals surface area contributed by atoms with E-state index in [0.717, 1.165) is 73.4 Å². The Hall–Kier alpha value is -3.61. The summed E-state index contributed by atoms with van der Waals surface area (Å²) in [4.78, 5) is 37.2. The number of aryl methyl sites for hydroxylation is 1. The van der Waals surface area contributed by atoms with E-state index in [1.54, 1.807) is 7.11 Å². The van der Waals surface area contributed by atoms with Crippen LogP contribution in [0.2, 0.25) is 0 Å². The summed E-state index contributed by atoms with van der Waals surface area (Å²) in [7, 11) is 1.62. The van der Waals surface area contributed by atoms with Crippen LogP contribution in [0.3, 0.4) is 0 Å². The number of ether oxygens (including phenoxy) is 1. The number of nitrogens with zero attached hydrogens (tertiary/aromatic N) is 4. The van der Waals surface area contributed by atoms with Gasteiger partial charge < -0.3 is 19.4 Å². The number of aromatic nitrogens is 1. The smallest absolute Gasteiger partial charge is 0.254 e. The van der Waals surface area contributed by atoms with E-state index in [9.17, 15) is 9.59 Å². The number of carbonyl (C=O) groups excluding carboxylic acids is 2. The maximum absolute atomic E-state index is 13.8. The first-order valence-corrected chi connectivity index (χ1v) is 13.4. The minimum absolute atomic E-state index is 0.0212. The van der Waals surface area contributed by atoms with Gasteiger partial charge in [-0.1, -0.05) is 11.6 Å². The number of pyridine rings is 1. The first-order valence-electron chi connectivity index (χ1n) is 13.4. The normalized spacial score (nSPS) is 15.6. The predicted molar refractivity (Wildman–Crippen MR) is 146 cm³/mol.